The molecule has 0 aliphatic carbocycles. The van der Waals surface area contributed by atoms with Crippen LogP contribution in [-0.4, -0.2) is 24.3 Å². The van der Waals surface area contributed by atoms with Crippen LogP contribution in [0.4, 0.5) is 11.4 Å². The van der Waals surface area contributed by atoms with Crippen LogP contribution in [0.2, 0.25) is 0 Å². The van der Waals surface area contributed by atoms with Gasteiger partial charge in [0.1, 0.15) is 11.5 Å². The second kappa shape index (κ2) is 8.87. The summed E-state index contributed by atoms with van der Waals surface area (Å²) in [6, 6.07) is 9.51. The molecule has 122 valence electrons. The molecular formula is C16H10Cl2N2O4. The molecule has 0 radical (unpaired) electrons. The Morgan fingerprint density at radius 3 is 1.54 bits per heavy atom. The monoisotopic (exact) mass is 364 g/mol. The molecule has 0 aromatic heterocycles. The van der Waals surface area contributed by atoms with E-state index in [-0.39, 0.29) is 12.1 Å². The number of isocyanates is 2. The van der Waals surface area contributed by atoms with Crippen LogP contribution in [0.15, 0.2) is 46.4 Å². The number of hydrogen-bond acceptors (Lipinski definition) is 6. The lowest BCUT2D eigenvalue weighted by atomic mass is 10.0. The maximum atomic E-state index is 10.4. The average molecular weight is 365 g/mol. The van der Waals surface area contributed by atoms with Gasteiger partial charge in [-0.3, -0.25) is 0 Å². The van der Waals surface area contributed by atoms with Crippen molar-refractivity contribution in [3.63, 3.8) is 0 Å². The summed E-state index contributed by atoms with van der Waals surface area (Å²) < 4.78 is 10.8. The molecule has 0 aliphatic heterocycles. The van der Waals surface area contributed by atoms with Gasteiger partial charge in [-0.2, -0.15) is 9.98 Å². The van der Waals surface area contributed by atoms with Crippen molar-refractivity contribution in [2.75, 3.05) is 12.1 Å². The number of benzene rings is 2. The standard InChI is InChI=1S/C16H10Cl2N2O4/c17-7-23-15-5-11(19-9-21)1-3-13(15)14-4-2-12(20-10-22)6-16(14)24-8-18/h1-6H,7-8H2. The fourth-order valence-electron chi connectivity index (χ4n) is 2.07. The SMILES string of the molecule is O=C=Nc1ccc(-c2ccc(N=C=O)cc2OCCl)c(OCCl)c1. The Balaban J connectivity index is 2.60. The molecule has 0 saturated heterocycles. The minimum atomic E-state index is -0.0968. The smallest absolute Gasteiger partial charge is 0.240 e. The van der Waals surface area contributed by atoms with Gasteiger partial charge >= 0.3 is 0 Å². The van der Waals surface area contributed by atoms with Crippen molar-refractivity contribution in [2.24, 2.45) is 9.98 Å². The van der Waals surface area contributed by atoms with E-state index in [1.54, 1.807) is 36.4 Å². The number of rotatable bonds is 7. The first-order valence-electron chi connectivity index (χ1n) is 6.55. The Morgan fingerprint density at radius 2 is 1.21 bits per heavy atom. The number of aliphatic imine (C=N–C) groups is 2. The number of carbonyl (C=O) groups excluding carboxylic acids is 2. The lowest BCUT2D eigenvalue weighted by molar-refractivity contribution is 0.384. The molecule has 6 nitrogen and oxygen atoms in total. The van der Waals surface area contributed by atoms with Crippen LogP contribution >= 0.6 is 23.2 Å². The number of ether oxygens (including phenoxy) is 2. The number of alkyl halides is 2. The van der Waals surface area contributed by atoms with E-state index in [1.165, 1.54) is 12.2 Å². The zero-order valence-electron chi connectivity index (χ0n) is 12.2. The maximum Gasteiger partial charge on any atom is 0.240 e. The quantitative estimate of drug-likeness (QED) is 0.413. The van der Waals surface area contributed by atoms with E-state index in [9.17, 15) is 9.59 Å². The van der Waals surface area contributed by atoms with Crippen LogP contribution in [0, 0.1) is 0 Å². The molecule has 2 rings (SSSR count). The predicted molar refractivity (Wildman–Crippen MR) is 90.1 cm³/mol. The number of halogens is 2. The Morgan fingerprint density at radius 1 is 0.792 bits per heavy atom. The number of nitrogens with zero attached hydrogens (tertiary/aromatic N) is 2. The molecule has 0 heterocycles. The lowest BCUT2D eigenvalue weighted by Gasteiger charge is -2.14. The largest absolute Gasteiger partial charge is 0.477 e. The summed E-state index contributed by atoms with van der Waals surface area (Å²) in [7, 11) is 0. The maximum absolute atomic E-state index is 10.4. The van der Waals surface area contributed by atoms with Crippen LogP contribution in [0.5, 0.6) is 11.5 Å². The van der Waals surface area contributed by atoms with Crippen LogP contribution in [0.25, 0.3) is 11.1 Å². The lowest BCUT2D eigenvalue weighted by Crippen LogP contribution is -1.96. The molecule has 0 aliphatic rings. The highest BCUT2D eigenvalue weighted by Crippen LogP contribution is 2.40. The highest BCUT2D eigenvalue weighted by Gasteiger charge is 2.14. The first-order valence-corrected chi connectivity index (χ1v) is 7.62. The first-order chi connectivity index (χ1) is 11.7. The van der Waals surface area contributed by atoms with Crippen LogP contribution in [0.3, 0.4) is 0 Å². The molecule has 24 heavy (non-hydrogen) atoms. The van der Waals surface area contributed by atoms with Crippen LogP contribution in [0.1, 0.15) is 0 Å². The van der Waals surface area contributed by atoms with Crippen molar-refractivity contribution in [2.45, 2.75) is 0 Å². The Labute approximate surface area is 147 Å². The highest BCUT2D eigenvalue weighted by atomic mass is 35.5. The second-order valence-corrected chi connectivity index (χ2v) is 4.71. The van der Waals surface area contributed by atoms with Crippen molar-refractivity contribution in [3.8, 4) is 22.6 Å². The van der Waals surface area contributed by atoms with Gasteiger partial charge in [0.2, 0.25) is 12.2 Å². The summed E-state index contributed by atoms with van der Waals surface area (Å²) in [6.07, 6.45) is 2.92. The molecule has 0 unspecified atom stereocenters. The number of hydrogen-bond donors (Lipinski definition) is 0. The van der Waals surface area contributed by atoms with E-state index in [0.29, 0.717) is 34.0 Å². The zero-order valence-corrected chi connectivity index (χ0v) is 13.7. The zero-order chi connectivity index (χ0) is 17.4. The summed E-state index contributed by atoms with van der Waals surface area (Å²) >= 11 is 11.3. The fourth-order valence-corrected chi connectivity index (χ4v) is 2.30. The molecular weight excluding hydrogens is 355 g/mol. The van der Waals surface area contributed by atoms with E-state index in [0.717, 1.165) is 0 Å². The normalized spacial score (nSPS) is 9.58. The summed E-state index contributed by atoms with van der Waals surface area (Å²) in [5.74, 6) is 0.792. The molecule has 2 aromatic rings. The average Bonchev–Trinajstić information content (AvgIpc) is 2.57. The van der Waals surface area contributed by atoms with Crippen LogP contribution < -0.4 is 9.47 Å². The predicted octanol–water partition coefficient (Wildman–Crippen LogP) is 4.44. The van der Waals surface area contributed by atoms with Gasteiger partial charge < -0.3 is 9.47 Å². The molecule has 0 atom stereocenters. The Bertz CT molecular complexity index is 759. The van der Waals surface area contributed by atoms with Crippen molar-refractivity contribution < 1.29 is 19.1 Å². The van der Waals surface area contributed by atoms with Gasteiger partial charge in [0.15, 0.2) is 12.1 Å². The summed E-state index contributed by atoms with van der Waals surface area (Å²) in [5.41, 5.74) is 2.02. The minimum Gasteiger partial charge on any atom is -0.477 e. The third-order valence-electron chi connectivity index (χ3n) is 2.99. The molecule has 0 spiro atoms. The summed E-state index contributed by atoms with van der Waals surface area (Å²) in [5, 5.41) is 0. The van der Waals surface area contributed by atoms with Gasteiger partial charge in [0, 0.05) is 23.3 Å². The van der Waals surface area contributed by atoms with Crippen molar-refractivity contribution in [1.82, 2.24) is 0 Å². The van der Waals surface area contributed by atoms with Gasteiger partial charge in [-0.25, -0.2) is 9.59 Å². The third-order valence-corrected chi connectivity index (χ3v) is 3.21. The third kappa shape index (κ3) is 4.22. The molecule has 8 heteroatoms. The Kier molecular flexibility index (Phi) is 6.55. The van der Waals surface area contributed by atoms with Crippen LogP contribution in [-0.2, 0) is 9.59 Å². The molecule has 0 bridgehead atoms. The van der Waals surface area contributed by atoms with Crippen molar-refractivity contribution >= 4 is 46.7 Å². The topological polar surface area (TPSA) is 77.3 Å². The van der Waals surface area contributed by atoms with Gasteiger partial charge in [-0.15, -0.1) is 0 Å². The first kappa shape index (κ1) is 17.7. The molecule has 0 saturated carbocycles. The van der Waals surface area contributed by atoms with Gasteiger partial charge in [0.05, 0.1) is 11.4 Å². The van der Waals surface area contributed by atoms with E-state index in [2.05, 4.69) is 9.98 Å². The molecule has 0 fully saturated rings. The van der Waals surface area contributed by atoms with Gasteiger partial charge in [-0.05, 0) is 24.3 Å². The van der Waals surface area contributed by atoms with Crippen molar-refractivity contribution in [3.05, 3.63) is 36.4 Å². The molecule has 0 N–H and O–H groups in total. The van der Waals surface area contributed by atoms with E-state index in [4.69, 9.17) is 32.7 Å². The minimum absolute atomic E-state index is 0.0968. The molecule has 2 aromatic carbocycles. The summed E-state index contributed by atoms with van der Waals surface area (Å²) in [6.45, 7) is 0. The van der Waals surface area contributed by atoms with E-state index in [1.807, 2.05) is 0 Å². The van der Waals surface area contributed by atoms with E-state index >= 15 is 0 Å². The van der Waals surface area contributed by atoms with Gasteiger partial charge in [-0.1, -0.05) is 23.2 Å². The second-order valence-electron chi connectivity index (χ2n) is 4.27. The van der Waals surface area contributed by atoms with E-state index < -0.39 is 0 Å². The highest BCUT2D eigenvalue weighted by molar-refractivity contribution is 6.17. The molecule has 0 amide bonds. The fraction of sp³-hybridized carbons (Fsp3) is 0.125. The van der Waals surface area contributed by atoms with Gasteiger partial charge in [0.25, 0.3) is 0 Å². The van der Waals surface area contributed by atoms with Crippen molar-refractivity contribution in [1.29, 1.82) is 0 Å². The Hall–Kier alpha value is -2.62. The summed E-state index contributed by atoms with van der Waals surface area (Å²) in [4.78, 5) is 27.9.